The maximum atomic E-state index is 11.8. The van der Waals surface area contributed by atoms with Crippen LogP contribution in [0.5, 0.6) is 0 Å². The number of thiophene rings is 1. The largest absolute Gasteiger partial charge is 0.350 e. The predicted molar refractivity (Wildman–Crippen MR) is 76.0 cm³/mol. The van der Waals surface area contributed by atoms with E-state index in [-0.39, 0.29) is 5.91 Å². The minimum atomic E-state index is -0.116. The van der Waals surface area contributed by atoms with Gasteiger partial charge in [0.15, 0.2) is 0 Å². The number of nitrogens with one attached hydrogen (secondary N) is 1. The number of carbonyl (C=O) groups excluding carboxylic acids is 1. The molecule has 2 aromatic heterocycles. The molecule has 0 saturated heterocycles. The lowest BCUT2D eigenvalue weighted by Crippen LogP contribution is -2.26. The SMILES string of the molecule is Cc1cc(C(=O)NCCc2ccc(Br)s2)nn1C. The van der Waals surface area contributed by atoms with Crippen LogP contribution in [0.15, 0.2) is 22.0 Å². The molecule has 0 atom stereocenters. The molecule has 0 saturated carbocycles. The average Bonchev–Trinajstić information content (AvgIpc) is 2.87. The van der Waals surface area contributed by atoms with Crippen LogP contribution in [-0.2, 0) is 13.5 Å². The van der Waals surface area contributed by atoms with E-state index in [0.29, 0.717) is 12.2 Å². The fourth-order valence-corrected chi connectivity index (χ4v) is 3.03. The highest BCUT2D eigenvalue weighted by Gasteiger charge is 2.10. The van der Waals surface area contributed by atoms with Crippen molar-refractivity contribution in [2.45, 2.75) is 13.3 Å². The molecule has 0 bridgehead atoms. The fraction of sp³-hybridized carbons (Fsp3) is 0.333. The Hall–Kier alpha value is -1.14. The number of aromatic nitrogens is 2. The lowest BCUT2D eigenvalue weighted by Gasteiger charge is -2.01. The van der Waals surface area contributed by atoms with Crippen LogP contribution in [-0.4, -0.2) is 22.2 Å². The van der Waals surface area contributed by atoms with Gasteiger partial charge in [-0.05, 0) is 47.5 Å². The van der Waals surface area contributed by atoms with Gasteiger partial charge in [0, 0.05) is 24.2 Å². The first-order valence-electron chi connectivity index (χ1n) is 5.59. The van der Waals surface area contributed by atoms with E-state index in [9.17, 15) is 4.79 Å². The van der Waals surface area contributed by atoms with Gasteiger partial charge in [-0.15, -0.1) is 11.3 Å². The van der Waals surface area contributed by atoms with Gasteiger partial charge in [-0.25, -0.2) is 0 Å². The van der Waals surface area contributed by atoms with E-state index in [1.54, 1.807) is 22.1 Å². The van der Waals surface area contributed by atoms with Gasteiger partial charge in [0.05, 0.1) is 3.79 Å². The third-order valence-corrected chi connectivity index (χ3v) is 4.32. The summed E-state index contributed by atoms with van der Waals surface area (Å²) < 4.78 is 2.81. The van der Waals surface area contributed by atoms with Crippen molar-refractivity contribution in [1.82, 2.24) is 15.1 Å². The first-order valence-corrected chi connectivity index (χ1v) is 7.20. The molecule has 1 amide bonds. The van der Waals surface area contributed by atoms with Crippen molar-refractivity contribution in [3.8, 4) is 0 Å². The topological polar surface area (TPSA) is 46.9 Å². The first-order chi connectivity index (χ1) is 8.56. The Balaban J connectivity index is 1.85. The number of amides is 1. The van der Waals surface area contributed by atoms with Crippen molar-refractivity contribution in [1.29, 1.82) is 0 Å². The number of halogens is 1. The van der Waals surface area contributed by atoms with Crippen molar-refractivity contribution >= 4 is 33.2 Å². The van der Waals surface area contributed by atoms with Gasteiger partial charge < -0.3 is 5.32 Å². The molecule has 0 aliphatic heterocycles. The average molecular weight is 328 g/mol. The van der Waals surface area contributed by atoms with Crippen LogP contribution in [0.1, 0.15) is 21.1 Å². The number of aryl methyl sites for hydroxylation is 2. The Kier molecular flexibility index (Phi) is 4.19. The second-order valence-corrected chi connectivity index (χ2v) is 6.55. The highest BCUT2D eigenvalue weighted by molar-refractivity contribution is 9.11. The lowest BCUT2D eigenvalue weighted by molar-refractivity contribution is 0.0948. The molecular formula is C12H14BrN3OS. The number of carbonyl (C=O) groups is 1. The molecule has 18 heavy (non-hydrogen) atoms. The summed E-state index contributed by atoms with van der Waals surface area (Å²) in [6.45, 7) is 2.55. The Labute approximate surface area is 118 Å². The Morgan fingerprint density at radius 2 is 2.33 bits per heavy atom. The maximum absolute atomic E-state index is 11.8. The van der Waals surface area contributed by atoms with Crippen LogP contribution >= 0.6 is 27.3 Å². The molecule has 2 heterocycles. The second kappa shape index (κ2) is 5.67. The highest BCUT2D eigenvalue weighted by atomic mass is 79.9. The predicted octanol–water partition coefficient (Wildman–Crippen LogP) is 2.53. The summed E-state index contributed by atoms with van der Waals surface area (Å²) in [6, 6.07) is 5.87. The van der Waals surface area contributed by atoms with E-state index in [4.69, 9.17) is 0 Å². The molecule has 0 aliphatic carbocycles. The summed E-state index contributed by atoms with van der Waals surface area (Å²) >= 11 is 5.11. The Bertz CT molecular complexity index is 542. The number of rotatable bonds is 4. The molecule has 4 nitrogen and oxygen atoms in total. The summed E-state index contributed by atoms with van der Waals surface area (Å²) in [6.07, 6.45) is 0.841. The fourth-order valence-electron chi connectivity index (χ4n) is 1.55. The molecule has 1 N–H and O–H groups in total. The second-order valence-electron chi connectivity index (χ2n) is 4.01. The molecular weight excluding hydrogens is 314 g/mol. The zero-order valence-electron chi connectivity index (χ0n) is 10.2. The maximum Gasteiger partial charge on any atom is 0.271 e. The first kappa shape index (κ1) is 13.3. The monoisotopic (exact) mass is 327 g/mol. The summed E-state index contributed by atoms with van der Waals surface area (Å²) in [4.78, 5) is 13.1. The molecule has 2 rings (SSSR count). The van der Waals surface area contributed by atoms with Gasteiger partial charge in [0.1, 0.15) is 5.69 Å². The van der Waals surface area contributed by atoms with Crippen molar-refractivity contribution in [3.63, 3.8) is 0 Å². The third kappa shape index (κ3) is 3.20. The number of hydrogen-bond acceptors (Lipinski definition) is 3. The number of hydrogen-bond donors (Lipinski definition) is 1. The quantitative estimate of drug-likeness (QED) is 0.937. The van der Waals surface area contributed by atoms with E-state index in [2.05, 4.69) is 32.4 Å². The summed E-state index contributed by atoms with van der Waals surface area (Å²) in [5.41, 5.74) is 1.45. The van der Waals surface area contributed by atoms with Crippen LogP contribution in [0, 0.1) is 6.92 Å². The van der Waals surface area contributed by atoms with E-state index in [0.717, 1.165) is 15.9 Å². The van der Waals surface area contributed by atoms with Gasteiger partial charge in [0.25, 0.3) is 5.91 Å². The van der Waals surface area contributed by atoms with Crippen molar-refractivity contribution < 1.29 is 4.79 Å². The van der Waals surface area contributed by atoms with Crippen molar-refractivity contribution in [2.75, 3.05) is 6.54 Å². The molecule has 96 valence electrons. The molecule has 0 fully saturated rings. The van der Waals surface area contributed by atoms with Gasteiger partial charge >= 0.3 is 0 Å². The zero-order valence-corrected chi connectivity index (χ0v) is 12.6. The van der Waals surface area contributed by atoms with Crippen LogP contribution < -0.4 is 5.32 Å². The van der Waals surface area contributed by atoms with Crippen molar-refractivity contribution in [2.24, 2.45) is 7.05 Å². The standard InChI is InChI=1S/C12H14BrN3OS/c1-8-7-10(15-16(8)2)12(17)14-6-5-9-3-4-11(13)18-9/h3-4,7H,5-6H2,1-2H3,(H,14,17). The van der Waals surface area contributed by atoms with Gasteiger partial charge in [-0.3, -0.25) is 9.48 Å². The Morgan fingerprint density at radius 1 is 1.56 bits per heavy atom. The van der Waals surface area contributed by atoms with Gasteiger partial charge in [-0.1, -0.05) is 0 Å². The minimum Gasteiger partial charge on any atom is -0.350 e. The van der Waals surface area contributed by atoms with Gasteiger partial charge in [0.2, 0.25) is 0 Å². The van der Waals surface area contributed by atoms with E-state index in [1.807, 2.05) is 20.0 Å². The molecule has 0 radical (unpaired) electrons. The van der Waals surface area contributed by atoms with E-state index in [1.165, 1.54) is 4.88 Å². The van der Waals surface area contributed by atoms with E-state index < -0.39 is 0 Å². The molecule has 0 unspecified atom stereocenters. The Morgan fingerprint density at radius 3 is 2.89 bits per heavy atom. The molecule has 0 aliphatic rings. The van der Waals surface area contributed by atoms with E-state index >= 15 is 0 Å². The van der Waals surface area contributed by atoms with Crippen LogP contribution in [0.4, 0.5) is 0 Å². The molecule has 0 spiro atoms. The van der Waals surface area contributed by atoms with Crippen LogP contribution in [0.25, 0.3) is 0 Å². The summed E-state index contributed by atoms with van der Waals surface area (Å²) in [7, 11) is 1.83. The van der Waals surface area contributed by atoms with Crippen molar-refractivity contribution in [3.05, 3.63) is 38.3 Å². The number of nitrogens with zero attached hydrogens (tertiary/aromatic N) is 2. The van der Waals surface area contributed by atoms with Crippen LogP contribution in [0.2, 0.25) is 0 Å². The summed E-state index contributed by atoms with van der Waals surface area (Å²) in [5, 5.41) is 7.01. The molecule has 2 aromatic rings. The molecule has 0 aromatic carbocycles. The van der Waals surface area contributed by atoms with Gasteiger partial charge in [-0.2, -0.15) is 5.10 Å². The smallest absolute Gasteiger partial charge is 0.271 e. The van der Waals surface area contributed by atoms with Crippen LogP contribution in [0.3, 0.4) is 0 Å². The highest BCUT2D eigenvalue weighted by Crippen LogP contribution is 2.22. The minimum absolute atomic E-state index is 0.116. The normalized spacial score (nSPS) is 10.6. The lowest BCUT2D eigenvalue weighted by atomic mass is 10.3. The zero-order chi connectivity index (χ0) is 13.1. The third-order valence-electron chi connectivity index (χ3n) is 2.63. The molecule has 6 heteroatoms. The summed E-state index contributed by atoms with van der Waals surface area (Å²) in [5.74, 6) is -0.116.